The van der Waals surface area contributed by atoms with E-state index in [4.69, 9.17) is 10.4 Å². The molecule has 1 aromatic rings. The summed E-state index contributed by atoms with van der Waals surface area (Å²) in [6.07, 6.45) is 3.36. The zero-order valence-electron chi connectivity index (χ0n) is 9.66. The van der Waals surface area contributed by atoms with Gasteiger partial charge in [-0.3, -0.25) is 0 Å². The Morgan fingerprint density at radius 1 is 1.44 bits per heavy atom. The minimum Gasteiger partial charge on any atom is -0.513 e. The Labute approximate surface area is 96.8 Å². The highest BCUT2D eigenvalue weighted by Crippen LogP contribution is 2.16. The van der Waals surface area contributed by atoms with Crippen LogP contribution in [0.1, 0.15) is 36.5 Å². The highest BCUT2D eigenvalue weighted by atomic mass is 16.3. The summed E-state index contributed by atoms with van der Waals surface area (Å²) in [5.41, 5.74) is 3.19. The van der Waals surface area contributed by atoms with Crippen molar-refractivity contribution >= 4 is 0 Å². The number of aryl methyl sites for hydroxylation is 2. The van der Waals surface area contributed by atoms with Crippen molar-refractivity contribution in [1.29, 1.82) is 5.26 Å². The van der Waals surface area contributed by atoms with Crippen molar-refractivity contribution in [2.45, 2.75) is 32.6 Å². The van der Waals surface area contributed by atoms with Gasteiger partial charge < -0.3 is 5.11 Å². The Hall–Kier alpha value is -1.75. The zero-order valence-corrected chi connectivity index (χ0v) is 9.66. The first-order valence-corrected chi connectivity index (χ1v) is 5.56. The Balaban J connectivity index is 2.76. The van der Waals surface area contributed by atoms with Gasteiger partial charge in [0.25, 0.3) is 0 Å². The van der Waals surface area contributed by atoms with Gasteiger partial charge in [0.1, 0.15) is 0 Å². The van der Waals surface area contributed by atoms with E-state index in [0.717, 1.165) is 19.3 Å². The molecule has 0 saturated heterocycles. The highest BCUT2D eigenvalue weighted by Gasteiger charge is 2.03. The Morgan fingerprint density at radius 2 is 2.19 bits per heavy atom. The third-order valence-corrected chi connectivity index (χ3v) is 2.63. The van der Waals surface area contributed by atoms with Gasteiger partial charge in [-0.2, -0.15) is 5.26 Å². The Bertz CT molecular complexity index is 415. The summed E-state index contributed by atoms with van der Waals surface area (Å²) in [6.45, 7) is 5.57. The summed E-state index contributed by atoms with van der Waals surface area (Å²) in [5, 5.41) is 17.8. The van der Waals surface area contributed by atoms with E-state index in [2.05, 4.69) is 19.6 Å². The van der Waals surface area contributed by atoms with Gasteiger partial charge in [-0.15, -0.1) is 0 Å². The van der Waals surface area contributed by atoms with E-state index in [1.807, 2.05) is 18.2 Å². The SMILES string of the molecule is C=C(O)CCCc1cc(C#N)ccc1CC. The topological polar surface area (TPSA) is 44.0 Å². The van der Waals surface area contributed by atoms with Gasteiger partial charge in [0.2, 0.25) is 0 Å². The number of benzene rings is 1. The summed E-state index contributed by atoms with van der Waals surface area (Å²) < 4.78 is 0. The number of rotatable bonds is 5. The monoisotopic (exact) mass is 215 g/mol. The first kappa shape index (κ1) is 12.3. The standard InChI is InChI=1S/C14H17NO/c1-3-13-8-7-12(10-15)9-14(13)6-4-5-11(2)16/h7-9,16H,2-6H2,1H3. The molecule has 0 unspecified atom stereocenters. The molecule has 84 valence electrons. The molecule has 0 spiro atoms. The maximum atomic E-state index is 9.01. The number of aliphatic hydroxyl groups excluding tert-OH is 1. The van der Waals surface area contributed by atoms with E-state index in [1.54, 1.807) is 0 Å². The number of allylic oxidation sites excluding steroid dienone is 1. The average Bonchev–Trinajstić information content (AvgIpc) is 2.28. The van der Waals surface area contributed by atoms with Gasteiger partial charge in [0.15, 0.2) is 0 Å². The lowest BCUT2D eigenvalue weighted by Gasteiger charge is -2.07. The number of nitriles is 1. The van der Waals surface area contributed by atoms with E-state index in [1.165, 1.54) is 11.1 Å². The van der Waals surface area contributed by atoms with E-state index >= 15 is 0 Å². The number of hydrogen-bond donors (Lipinski definition) is 1. The maximum Gasteiger partial charge on any atom is 0.0991 e. The molecule has 16 heavy (non-hydrogen) atoms. The largest absolute Gasteiger partial charge is 0.513 e. The summed E-state index contributed by atoms with van der Waals surface area (Å²) in [6, 6.07) is 7.96. The number of nitrogens with zero attached hydrogens (tertiary/aromatic N) is 1. The summed E-state index contributed by atoms with van der Waals surface area (Å²) in [4.78, 5) is 0. The van der Waals surface area contributed by atoms with Crippen LogP contribution in [0.5, 0.6) is 0 Å². The molecular weight excluding hydrogens is 198 g/mol. The molecule has 1 rings (SSSR count). The summed E-state index contributed by atoms with van der Waals surface area (Å²) >= 11 is 0. The Morgan fingerprint density at radius 3 is 2.75 bits per heavy atom. The molecule has 0 saturated carbocycles. The number of hydrogen-bond acceptors (Lipinski definition) is 2. The van der Waals surface area contributed by atoms with Crippen molar-refractivity contribution < 1.29 is 5.11 Å². The Kier molecular flexibility index (Phi) is 4.60. The molecule has 0 fully saturated rings. The van der Waals surface area contributed by atoms with E-state index < -0.39 is 0 Å². The van der Waals surface area contributed by atoms with Crippen LogP contribution in [0.2, 0.25) is 0 Å². The van der Waals surface area contributed by atoms with Gasteiger partial charge in [-0.05, 0) is 42.5 Å². The fourth-order valence-electron chi connectivity index (χ4n) is 1.76. The van der Waals surface area contributed by atoms with Crippen LogP contribution in [0.4, 0.5) is 0 Å². The molecule has 1 N–H and O–H groups in total. The number of aliphatic hydroxyl groups is 1. The van der Waals surface area contributed by atoms with Gasteiger partial charge in [0, 0.05) is 6.42 Å². The van der Waals surface area contributed by atoms with Crippen LogP contribution in [0, 0.1) is 11.3 Å². The van der Waals surface area contributed by atoms with Crippen LogP contribution in [-0.2, 0) is 12.8 Å². The first-order valence-electron chi connectivity index (χ1n) is 5.56. The van der Waals surface area contributed by atoms with Crippen molar-refractivity contribution in [3.8, 4) is 6.07 Å². The second kappa shape index (κ2) is 5.97. The molecule has 0 atom stereocenters. The molecule has 0 aromatic heterocycles. The second-order valence-electron chi connectivity index (χ2n) is 3.87. The molecule has 0 bridgehead atoms. The van der Waals surface area contributed by atoms with Gasteiger partial charge in [0.05, 0.1) is 17.4 Å². The first-order chi connectivity index (χ1) is 7.67. The third kappa shape index (κ3) is 3.43. The van der Waals surface area contributed by atoms with Gasteiger partial charge in [-0.1, -0.05) is 19.6 Å². The normalized spacial score (nSPS) is 9.75. The molecule has 0 heterocycles. The smallest absolute Gasteiger partial charge is 0.0991 e. The van der Waals surface area contributed by atoms with Crippen LogP contribution < -0.4 is 0 Å². The van der Waals surface area contributed by atoms with Crippen molar-refractivity contribution in [3.05, 3.63) is 47.2 Å². The molecule has 2 heteroatoms. The van der Waals surface area contributed by atoms with E-state index in [-0.39, 0.29) is 5.76 Å². The molecule has 0 aliphatic carbocycles. The average molecular weight is 215 g/mol. The van der Waals surface area contributed by atoms with Crippen LogP contribution in [0.3, 0.4) is 0 Å². The van der Waals surface area contributed by atoms with Gasteiger partial charge in [-0.25, -0.2) is 0 Å². The third-order valence-electron chi connectivity index (χ3n) is 2.63. The van der Waals surface area contributed by atoms with Crippen LogP contribution in [-0.4, -0.2) is 5.11 Å². The van der Waals surface area contributed by atoms with Gasteiger partial charge >= 0.3 is 0 Å². The minimum atomic E-state index is 0.231. The van der Waals surface area contributed by atoms with Crippen LogP contribution in [0.15, 0.2) is 30.5 Å². The fraction of sp³-hybridized carbons (Fsp3) is 0.357. The van der Waals surface area contributed by atoms with Crippen LogP contribution in [0.25, 0.3) is 0 Å². The van der Waals surface area contributed by atoms with Crippen molar-refractivity contribution in [2.24, 2.45) is 0 Å². The van der Waals surface area contributed by atoms with Crippen molar-refractivity contribution in [1.82, 2.24) is 0 Å². The zero-order chi connectivity index (χ0) is 12.0. The van der Waals surface area contributed by atoms with Crippen molar-refractivity contribution in [2.75, 3.05) is 0 Å². The predicted octanol–water partition coefficient (Wildman–Crippen LogP) is 3.52. The van der Waals surface area contributed by atoms with E-state index in [9.17, 15) is 0 Å². The minimum absolute atomic E-state index is 0.231. The lowest BCUT2D eigenvalue weighted by atomic mass is 9.98. The van der Waals surface area contributed by atoms with Crippen molar-refractivity contribution in [3.63, 3.8) is 0 Å². The quantitative estimate of drug-likeness (QED) is 0.764. The molecule has 1 aromatic carbocycles. The lowest BCUT2D eigenvalue weighted by Crippen LogP contribution is -1.95. The predicted molar refractivity (Wildman–Crippen MR) is 65.2 cm³/mol. The summed E-state index contributed by atoms with van der Waals surface area (Å²) in [5.74, 6) is 0.231. The molecule has 2 nitrogen and oxygen atoms in total. The molecule has 0 radical (unpaired) electrons. The summed E-state index contributed by atoms with van der Waals surface area (Å²) in [7, 11) is 0. The molecule has 0 aliphatic heterocycles. The van der Waals surface area contributed by atoms with Crippen LogP contribution >= 0.6 is 0 Å². The second-order valence-corrected chi connectivity index (χ2v) is 3.87. The van der Waals surface area contributed by atoms with E-state index in [0.29, 0.717) is 12.0 Å². The fourth-order valence-corrected chi connectivity index (χ4v) is 1.76. The molecule has 0 amide bonds. The lowest BCUT2D eigenvalue weighted by molar-refractivity contribution is 0.387. The maximum absolute atomic E-state index is 9.01. The molecule has 0 aliphatic rings. The highest BCUT2D eigenvalue weighted by molar-refractivity contribution is 5.38. The molecular formula is C14H17NO.